The largest absolute Gasteiger partial charge is 0.380 e. The van der Waals surface area contributed by atoms with E-state index >= 15 is 0 Å². The van der Waals surface area contributed by atoms with E-state index in [2.05, 4.69) is 16.4 Å². The summed E-state index contributed by atoms with van der Waals surface area (Å²) in [7, 11) is 1.72. The standard InChI is InChI=1S/C17H23N3O2/c1-3-20(14-4-5-16-12(8-14)6-7-18-16)17(21)10-13-9-15(22-2)11-19-13/h4-8,13,15,18-19H,3,9-11H2,1-2H3/t13-,15-/m0/s1. The van der Waals surface area contributed by atoms with Gasteiger partial charge >= 0.3 is 0 Å². The van der Waals surface area contributed by atoms with Crippen molar-refractivity contribution in [3.05, 3.63) is 30.5 Å². The third-order valence-electron chi connectivity index (χ3n) is 4.40. The number of methoxy groups -OCH3 is 1. The minimum absolute atomic E-state index is 0.159. The van der Waals surface area contributed by atoms with E-state index in [1.165, 1.54) is 0 Å². The van der Waals surface area contributed by atoms with Crippen LogP contribution < -0.4 is 10.2 Å². The van der Waals surface area contributed by atoms with E-state index in [4.69, 9.17) is 4.74 Å². The Hall–Kier alpha value is -1.85. The Labute approximate surface area is 130 Å². The average molecular weight is 301 g/mol. The summed E-state index contributed by atoms with van der Waals surface area (Å²) in [6.07, 6.45) is 3.55. The molecule has 2 heterocycles. The summed E-state index contributed by atoms with van der Waals surface area (Å²) in [5, 5.41) is 4.49. The van der Waals surface area contributed by atoms with Gasteiger partial charge in [0.1, 0.15) is 0 Å². The van der Waals surface area contributed by atoms with Crippen LogP contribution in [0.4, 0.5) is 5.69 Å². The van der Waals surface area contributed by atoms with Crippen molar-refractivity contribution in [3.8, 4) is 0 Å². The molecule has 3 rings (SSSR count). The van der Waals surface area contributed by atoms with Crippen LogP contribution in [0.15, 0.2) is 30.5 Å². The monoisotopic (exact) mass is 301 g/mol. The third kappa shape index (κ3) is 3.00. The van der Waals surface area contributed by atoms with Gasteiger partial charge in [-0.1, -0.05) is 0 Å². The number of anilines is 1. The van der Waals surface area contributed by atoms with E-state index in [-0.39, 0.29) is 18.1 Å². The highest BCUT2D eigenvalue weighted by atomic mass is 16.5. The van der Waals surface area contributed by atoms with Crippen LogP contribution in [0.5, 0.6) is 0 Å². The van der Waals surface area contributed by atoms with Gasteiger partial charge in [0.25, 0.3) is 0 Å². The summed E-state index contributed by atoms with van der Waals surface area (Å²) >= 11 is 0. The number of ether oxygens (including phenoxy) is 1. The van der Waals surface area contributed by atoms with E-state index in [0.717, 1.165) is 29.6 Å². The first-order chi connectivity index (χ1) is 10.7. The van der Waals surface area contributed by atoms with Gasteiger partial charge in [-0.15, -0.1) is 0 Å². The lowest BCUT2D eigenvalue weighted by atomic mass is 10.1. The van der Waals surface area contributed by atoms with Crippen LogP contribution in [0.25, 0.3) is 10.9 Å². The van der Waals surface area contributed by atoms with Gasteiger partial charge in [0.2, 0.25) is 5.91 Å². The number of nitrogens with zero attached hydrogens (tertiary/aromatic N) is 1. The summed E-state index contributed by atoms with van der Waals surface area (Å²) in [6, 6.07) is 8.32. The van der Waals surface area contributed by atoms with Crippen LogP contribution >= 0.6 is 0 Å². The van der Waals surface area contributed by atoms with Crippen molar-refractivity contribution in [2.45, 2.75) is 31.9 Å². The van der Waals surface area contributed by atoms with Gasteiger partial charge in [-0.05, 0) is 37.6 Å². The molecule has 1 aliphatic heterocycles. The van der Waals surface area contributed by atoms with Gasteiger partial charge in [-0.2, -0.15) is 0 Å². The predicted octanol–water partition coefficient (Wildman–Crippen LogP) is 2.29. The van der Waals surface area contributed by atoms with Crippen molar-refractivity contribution in [1.82, 2.24) is 10.3 Å². The van der Waals surface area contributed by atoms with Crippen LogP contribution in [-0.2, 0) is 9.53 Å². The van der Waals surface area contributed by atoms with E-state index < -0.39 is 0 Å². The molecule has 0 unspecified atom stereocenters. The fraction of sp³-hybridized carbons (Fsp3) is 0.471. The number of carbonyl (C=O) groups is 1. The van der Waals surface area contributed by atoms with E-state index in [0.29, 0.717) is 13.0 Å². The zero-order valence-electron chi connectivity index (χ0n) is 13.1. The number of H-pyrrole nitrogens is 1. The van der Waals surface area contributed by atoms with E-state index in [9.17, 15) is 4.79 Å². The lowest BCUT2D eigenvalue weighted by Crippen LogP contribution is -2.35. The second-order valence-corrected chi connectivity index (χ2v) is 5.79. The predicted molar refractivity (Wildman–Crippen MR) is 88.1 cm³/mol. The first-order valence-corrected chi connectivity index (χ1v) is 7.85. The molecular weight excluding hydrogens is 278 g/mol. The van der Waals surface area contributed by atoms with Crippen LogP contribution in [0.1, 0.15) is 19.8 Å². The Morgan fingerprint density at radius 2 is 2.27 bits per heavy atom. The zero-order valence-corrected chi connectivity index (χ0v) is 13.1. The maximum absolute atomic E-state index is 12.6. The minimum atomic E-state index is 0.159. The highest BCUT2D eigenvalue weighted by molar-refractivity contribution is 5.96. The van der Waals surface area contributed by atoms with Crippen LogP contribution in [-0.4, -0.2) is 43.2 Å². The van der Waals surface area contributed by atoms with Crippen molar-refractivity contribution in [2.75, 3.05) is 25.1 Å². The van der Waals surface area contributed by atoms with Gasteiger partial charge in [0.15, 0.2) is 0 Å². The molecule has 2 atom stereocenters. The first-order valence-electron chi connectivity index (χ1n) is 7.85. The number of carbonyl (C=O) groups excluding carboxylic acids is 1. The van der Waals surface area contributed by atoms with Gasteiger partial charge in [0, 0.05) is 55.4 Å². The molecule has 22 heavy (non-hydrogen) atoms. The summed E-state index contributed by atoms with van der Waals surface area (Å²) in [6.45, 7) is 3.52. The molecule has 5 nitrogen and oxygen atoms in total. The van der Waals surface area contributed by atoms with Gasteiger partial charge < -0.3 is 19.9 Å². The van der Waals surface area contributed by atoms with E-state index in [1.54, 1.807) is 7.11 Å². The molecule has 2 aromatic rings. The molecule has 0 spiro atoms. The lowest BCUT2D eigenvalue weighted by Gasteiger charge is -2.23. The fourth-order valence-corrected chi connectivity index (χ4v) is 3.15. The second kappa shape index (κ2) is 6.50. The average Bonchev–Trinajstić information content (AvgIpc) is 3.16. The molecule has 118 valence electrons. The number of hydrogen-bond acceptors (Lipinski definition) is 3. The van der Waals surface area contributed by atoms with Gasteiger partial charge in [-0.25, -0.2) is 0 Å². The number of rotatable bonds is 5. The topological polar surface area (TPSA) is 57.4 Å². The molecule has 0 aliphatic carbocycles. The molecule has 1 fully saturated rings. The molecule has 1 aliphatic rings. The van der Waals surface area contributed by atoms with Crippen molar-refractivity contribution >= 4 is 22.5 Å². The Bertz CT molecular complexity index is 652. The zero-order chi connectivity index (χ0) is 15.5. The third-order valence-corrected chi connectivity index (χ3v) is 4.40. The SMILES string of the molecule is CCN(C(=O)C[C@@H]1C[C@H](OC)CN1)c1ccc2[nH]ccc2c1. The molecule has 0 saturated carbocycles. The maximum atomic E-state index is 12.6. The van der Waals surface area contributed by atoms with Gasteiger partial charge in [0.05, 0.1) is 6.10 Å². The molecule has 1 saturated heterocycles. The second-order valence-electron chi connectivity index (χ2n) is 5.79. The number of hydrogen-bond donors (Lipinski definition) is 2. The first kappa shape index (κ1) is 15.1. The van der Waals surface area contributed by atoms with Crippen molar-refractivity contribution in [1.29, 1.82) is 0 Å². The molecule has 1 aromatic carbocycles. The Morgan fingerprint density at radius 1 is 1.41 bits per heavy atom. The summed E-state index contributed by atoms with van der Waals surface area (Å²) in [5.74, 6) is 0.159. The number of aromatic amines is 1. The Morgan fingerprint density at radius 3 is 3.00 bits per heavy atom. The summed E-state index contributed by atoms with van der Waals surface area (Å²) in [5.41, 5.74) is 2.05. The number of fused-ring (bicyclic) bond motifs is 1. The summed E-state index contributed by atoms with van der Waals surface area (Å²) < 4.78 is 5.34. The molecule has 0 bridgehead atoms. The fourth-order valence-electron chi connectivity index (χ4n) is 3.15. The highest BCUT2D eigenvalue weighted by Crippen LogP contribution is 2.23. The number of benzene rings is 1. The smallest absolute Gasteiger partial charge is 0.228 e. The Kier molecular flexibility index (Phi) is 4.45. The van der Waals surface area contributed by atoms with Crippen LogP contribution in [0.3, 0.4) is 0 Å². The van der Waals surface area contributed by atoms with Crippen molar-refractivity contribution in [2.24, 2.45) is 0 Å². The number of nitrogens with one attached hydrogen (secondary N) is 2. The molecule has 0 radical (unpaired) electrons. The Balaban J connectivity index is 1.71. The quantitative estimate of drug-likeness (QED) is 0.891. The van der Waals surface area contributed by atoms with Crippen LogP contribution in [0, 0.1) is 0 Å². The molecular formula is C17H23N3O2. The minimum Gasteiger partial charge on any atom is -0.380 e. The van der Waals surface area contributed by atoms with Crippen LogP contribution in [0.2, 0.25) is 0 Å². The maximum Gasteiger partial charge on any atom is 0.228 e. The molecule has 5 heteroatoms. The normalized spacial score (nSPS) is 21.4. The molecule has 1 amide bonds. The number of amides is 1. The number of aromatic nitrogens is 1. The van der Waals surface area contributed by atoms with Gasteiger partial charge in [-0.3, -0.25) is 4.79 Å². The highest BCUT2D eigenvalue weighted by Gasteiger charge is 2.27. The summed E-state index contributed by atoms with van der Waals surface area (Å²) in [4.78, 5) is 17.7. The molecule has 1 aromatic heterocycles. The molecule has 2 N–H and O–H groups in total. The van der Waals surface area contributed by atoms with E-state index in [1.807, 2.05) is 36.2 Å². The lowest BCUT2D eigenvalue weighted by molar-refractivity contribution is -0.119. The van der Waals surface area contributed by atoms with Crippen molar-refractivity contribution < 1.29 is 9.53 Å². The van der Waals surface area contributed by atoms with Crippen molar-refractivity contribution in [3.63, 3.8) is 0 Å².